The van der Waals surface area contributed by atoms with Crippen molar-refractivity contribution in [3.63, 3.8) is 0 Å². The zero-order valence-corrected chi connectivity index (χ0v) is 13.2. The molecule has 19 heavy (non-hydrogen) atoms. The Labute approximate surface area is 121 Å². The lowest BCUT2D eigenvalue weighted by Gasteiger charge is -2.32. The lowest BCUT2D eigenvalue weighted by atomic mass is 9.74. The molecule has 2 nitrogen and oxygen atoms in total. The second kappa shape index (κ2) is 6.42. The van der Waals surface area contributed by atoms with E-state index in [0.717, 1.165) is 5.56 Å². The van der Waals surface area contributed by atoms with E-state index in [0.29, 0.717) is 17.5 Å². The van der Waals surface area contributed by atoms with Crippen molar-refractivity contribution in [3.8, 4) is 0 Å². The Balaban J connectivity index is 2.72. The van der Waals surface area contributed by atoms with Crippen LogP contribution in [0.3, 0.4) is 0 Å². The van der Waals surface area contributed by atoms with Gasteiger partial charge >= 0.3 is 0 Å². The highest BCUT2D eigenvalue weighted by Gasteiger charge is 2.33. The summed E-state index contributed by atoms with van der Waals surface area (Å²) in [7, 11) is 0. The van der Waals surface area contributed by atoms with E-state index in [1.165, 1.54) is 0 Å². The summed E-state index contributed by atoms with van der Waals surface area (Å²) in [6.45, 7) is 11.0. The third-order valence-corrected chi connectivity index (χ3v) is 3.66. The van der Waals surface area contributed by atoms with Crippen LogP contribution in [0.5, 0.6) is 0 Å². The van der Waals surface area contributed by atoms with Crippen LogP contribution in [-0.2, 0) is 11.3 Å². The summed E-state index contributed by atoms with van der Waals surface area (Å²) < 4.78 is 0. The molecule has 0 saturated carbocycles. The van der Waals surface area contributed by atoms with E-state index in [4.69, 9.17) is 11.6 Å². The fraction of sp³-hybridized carbons (Fsp3) is 0.562. The van der Waals surface area contributed by atoms with Gasteiger partial charge < -0.3 is 5.32 Å². The summed E-state index contributed by atoms with van der Waals surface area (Å²) in [5.74, 6) is 0.406. The molecule has 0 aliphatic carbocycles. The molecule has 1 aromatic rings. The van der Waals surface area contributed by atoms with E-state index in [-0.39, 0.29) is 17.2 Å². The van der Waals surface area contributed by atoms with Crippen molar-refractivity contribution >= 4 is 17.5 Å². The van der Waals surface area contributed by atoms with Crippen molar-refractivity contribution in [1.82, 2.24) is 5.32 Å². The van der Waals surface area contributed by atoms with Crippen molar-refractivity contribution in [2.24, 2.45) is 17.3 Å². The number of carbonyl (C=O) groups excluding carboxylic acids is 1. The van der Waals surface area contributed by atoms with Crippen LogP contribution >= 0.6 is 11.6 Å². The first kappa shape index (κ1) is 16.0. The summed E-state index contributed by atoms with van der Waals surface area (Å²) in [5, 5.41) is 3.70. The lowest BCUT2D eigenvalue weighted by Crippen LogP contribution is -2.40. The van der Waals surface area contributed by atoms with Crippen molar-refractivity contribution in [1.29, 1.82) is 0 Å². The zero-order valence-electron chi connectivity index (χ0n) is 12.5. The van der Waals surface area contributed by atoms with E-state index in [9.17, 15) is 4.79 Å². The van der Waals surface area contributed by atoms with Crippen molar-refractivity contribution in [3.05, 3.63) is 34.9 Å². The number of nitrogens with one attached hydrogen (secondary N) is 1. The summed E-state index contributed by atoms with van der Waals surface area (Å²) in [6, 6.07) is 7.59. The molecule has 1 N–H and O–H groups in total. The van der Waals surface area contributed by atoms with E-state index in [1.807, 2.05) is 24.3 Å². The first-order valence-electron chi connectivity index (χ1n) is 6.74. The third kappa shape index (κ3) is 4.54. The molecule has 1 atom stereocenters. The highest BCUT2D eigenvalue weighted by Crippen LogP contribution is 2.32. The van der Waals surface area contributed by atoms with E-state index in [1.54, 1.807) is 0 Å². The van der Waals surface area contributed by atoms with Gasteiger partial charge in [0.25, 0.3) is 0 Å². The predicted octanol–water partition coefficient (Wildman–Crippen LogP) is 4.27. The lowest BCUT2D eigenvalue weighted by molar-refractivity contribution is -0.130. The Morgan fingerprint density at radius 1 is 1.26 bits per heavy atom. The van der Waals surface area contributed by atoms with Crippen molar-refractivity contribution in [2.75, 3.05) is 0 Å². The second-order valence-electron chi connectivity index (χ2n) is 6.40. The smallest absolute Gasteiger partial charge is 0.224 e. The van der Waals surface area contributed by atoms with Gasteiger partial charge in [-0.3, -0.25) is 4.79 Å². The molecule has 0 fully saturated rings. The molecule has 0 bridgehead atoms. The fourth-order valence-corrected chi connectivity index (χ4v) is 2.83. The van der Waals surface area contributed by atoms with Crippen LogP contribution < -0.4 is 5.32 Å². The number of hydrogen-bond donors (Lipinski definition) is 1. The Bertz CT molecular complexity index is 435. The van der Waals surface area contributed by atoms with Crippen LogP contribution in [0.1, 0.15) is 40.2 Å². The van der Waals surface area contributed by atoms with Crippen LogP contribution in [0.15, 0.2) is 24.3 Å². The number of amides is 1. The summed E-state index contributed by atoms with van der Waals surface area (Å²) in [5.41, 5.74) is 0.910. The maximum atomic E-state index is 12.4. The SMILES string of the molecule is CC(C)C(C(=O)NCc1ccccc1Cl)C(C)(C)C. The Morgan fingerprint density at radius 3 is 2.32 bits per heavy atom. The van der Waals surface area contributed by atoms with Crippen LogP contribution in [0, 0.1) is 17.3 Å². The molecule has 0 saturated heterocycles. The number of rotatable bonds is 4. The maximum absolute atomic E-state index is 12.4. The van der Waals surface area contributed by atoms with Gasteiger partial charge in [0, 0.05) is 17.5 Å². The summed E-state index contributed by atoms with van der Waals surface area (Å²) in [4.78, 5) is 12.4. The van der Waals surface area contributed by atoms with Crippen LogP contribution in [0.2, 0.25) is 5.02 Å². The number of halogens is 1. The number of carbonyl (C=O) groups is 1. The van der Waals surface area contributed by atoms with Gasteiger partial charge in [-0.25, -0.2) is 0 Å². The fourth-order valence-electron chi connectivity index (χ4n) is 2.63. The van der Waals surface area contributed by atoms with Gasteiger partial charge in [0.2, 0.25) is 5.91 Å². The largest absolute Gasteiger partial charge is 0.352 e. The zero-order chi connectivity index (χ0) is 14.6. The summed E-state index contributed by atoms with van der Waals surface area (Å²) in [6.07, 6.45) is 0. The molecule has 1 amide bonds. The predicted molar refractivity (Wildman–Crippen MR) is 81.1 cm³/mol. The molecule has 1 rings (SSSR count). The molecule has 0 radical (unpaired) electrons. The standard InChI is InChI=1S/C16H24ClNO/c1-11(2)14(16(3,4)5)15(19)18-10-12-8-6-7-9-13(12)17/h6-9,11,14H,10H2,1-5H3,(H,18,19). The molecule has 1 aromatic carbocycles. The van der Waals surface area contributed by atoms with Gasteiger partial charge in [0.1, 0.15) is 0 Å². The van der Waals surface area contributed by atoms with Gasteiger partial charge in [0.05, 0.1) is 0 Å². The Kier molecular flexibility index (Phi) is 5.42. The quantitative estimate of drug-likeness (QED) is 0.877. The molecule has 1 unspecified atom stereocenters. The normalized spacial score (nSPS) is 13.4. The molecular weight excluding hydrogens is 258 g/mol. The molecular formula is C16H24ClNO. The van der Waals surface area contributed by atoms with Gasteiger partial charge in [-0.1, -0.05) is 64.4 Å². The minimum Gasteiger partial charge on any atom is -0.352 e. The van der Waals surface area contributed by atoms with Gasteiger partial charge in [-0.05, 0) is 23.0 Å². The van der Waals surface area contributed by atoms with Crippen molar-refractivity contribution in [2.45, 2.75) is 41.2 Å². The first-order chi connectivity index (χ1) is 8.73. The van der Waals surface area contributed by atoms with Gasteiger partial charge in [-0.2, -0.15) is 0 Å². The summed E-state index contributed by atoms with van der Waals surface area (Å²) >= 11 is 6.09. The molecule has 0 aliphatic rings. The molecule has 106 valence electrons. The highest BCUT2D eigenvalue weighted by atomic mass is 35.5. The van der Waals surface area contributed by atoms with Crippen LogP contribution in [0.4, 0.5) is 0 Å². The maximum Gasteiger partial charge on any atom is 0.224 e. The highest BCUT2D eigenvalue weighted by molar-refractivity contribution is 6.31. The Hall–Kier alpha value is -1.02. The average molecular weight is 282 g/mol. The van der Waals surface area contributed by atoms with Crippen LogP contribution in [0.25, 0.3) is 0 Å². The minimum atomic E-state index is -0.0429. The topological polar surface area (TPSA) is 29.1 Å². The van der Waals surface area contributed by atoms with E-state index in [2.05, 4.69) is 39.9 Å². The number of hydrogen-bond acceptors (Lipinski definition) is 1. The number of benzene rings is 1. The minimum absolute atomic E-state index is 0.00464. The molecule has 0 heterocycles. The molecule has 0 aromatic heterocycles. The van der Waals surface area contributed by atoms with Crippen LogP contribution in [-0.4, -0.2) is 5.91 Å². The van der Waals surface area contributed by atoms with Crippen molar-refractivity contribution < 1.29 is 4.79 Å². The average Bonchev–Trinajstić information content (AvgIpc) is 2.25. The first-order valence-corrected chi connectivity index (χ1v) is 7.12. The molecule has 3 heteroatoms. The van der Waals surface area contributed by atoms with Gasteiger partial charge in [-0.15, -0.1) is 0 Å². The second-order valence-corrected chi connectivity index (χ2v) is 6.80. The Morgan fingerprint density at radius 2 is 1.84 bits per heavy atom. The molecule has 0 spiro atoms. The molecule has 0 aliphatic heterocycles. The van der Waals surface area contributed by atoms with Gasteiger partial charge in [0.15, 0.2) is 0 Å². The third-order valence-electron chi connectivity index (χ3n) is 3.29. The monoisotopic (exact) mass is 281 g/mol. The van der Waals surface area contributed by atoms with E-state index < -0.39 is 0 Å². The van der Waals surface area contributed by atoms with E-state index >= 15 is 0 Å².